The lowest BCUT2D eigenvalue weighted by Gasteiger charge is -2.41. The second kappa shape index (κ2) is 15.6. The first kappa shape index (κ1) is 36.4. The summed E-state index contributed by atoms with van der Waals surface area (Å²) >= 11 is 0. The van der Waals surface area contributed by atoms with Crippen molar-refractivity contribution in [3.63, 3.8) is 0 Å². The van der Waals surface area contributed by atoms with E-state index >= 15 is 0 Å². The second-order valence-corrected chi connectivity index (χ2v) is 11.6. The van der Waals surface area contributed by atoms with Gasteiger partial charge in [-0.1, -0.05) is 0 Å². The van der Waals surface area contributed by atoms with Crippen molar-refractivity contribution in [3.05, 3.63) is 35.9 Å². The van der Waals surface area contributed by atoms with Crippen LogP contribution in [-0.2, 0) is 14.3 Å². The molecule has 19 heteroatoms. The van der Waals surface area contributed by atoms with Crippen molar-refractivity contribution in [1.29, 1.82) is 0 Å². The van der Waals surface area contributed by atoms with E-state index in [1.807, 2.05) is 19.0 Å². The standard InChI is InChI=1S/C28H42N6O13/c1-32(2)5-3-4-29-25(44)15-7-14(9-34(15)28-24(43)22(41)20(39)18(11-36)47-28)31-26(45)16-6-13(30-12-37)8-33(16)27-23(42)21(40)19(38)17(10-35)46-27/h6-9,12,17-24,27-28,35-36,38-43H,3-5,10-11H2,1-2H3,(H,29,44)(H,30,37)(H,31,45)/t17-,18-,19-,20-,21+,22+,23-,24-,27+,28+/m1/s1. The van der Waals surface area contributed by atoms with Gasteiger partial charge in [-0.05, 0) is 39.2 Å². The minimum atomic E-state index is -1.77. The number of hydrogen-bond acceptors (Lipinski definition) is 14. The van der Waals surface area contributed by atoms with E-state index in [1.165, 1.54) is 24.5 Å². The van der Waals surface area contributed by atoms with Gasteiger partial charge in [-0.2, -0.15) is 0 Å². The van der Waals surface area contributed by atoms with Crippen molar-refractivity contribution in [2.24, 2.45) is 0 Å². The zero-order valence-electron chi connectivity index (χ0n) is 25.7. The van der Waals surface area contributed by atoms with E-state index in [9.17, 15) is 55.2 Å². The van der Waals surface area contributed by atoms with Crippen LogP contribution in [0, 0.1) is 0 Å². The monoisotopic (exact) mass is 670 g/mol. The molecule has 3 amide bonds. The number of nitrogens with zero attached hydrogens (tertiary/aromatic N) is 3. The summed E-state index contributed by atoms with van der Waals surface area (Å²) in [5.41, 5.74) is -0.285. The van der Waals surface area contributed by atoms with Gasteiger partial charge in [0.2, 0.25) is 6.41 Å². The summed E-state index contributed by atoms with van der Waals surface area (Å²) in [7, 11) is 3.74. The Morgan fingerprint density at radius 1 is 0.787 bits per heavy atom. The quantitative estimate of drug-likeness (QED) is 0.0711. The molecule has 2 aliphatic rings. The summed E-state index contributed by atoms with van der Waals surface area (Å²) in [4.78, 5) is 40.0. The van der Waals surface area contributed by atoms with Gasteiger partial charge in [0, 0.05) is 18.9 Å². The zero-order valence-corrected chi connectivity index (χ0v) is 25.7. The van der Waals surface area contributed by atoms with E-state index in [2.05, 4.69) is 16.0 Å². The van der Waals surface area contributed by atoms with Crippen LogP contribution in [0.5, 0.6) is 0 Å². The molecular weight excluding hydrogens is 628 g/mol. The molecule has 0 radical (unpaired) electrons. The third kappa shape index (κ3) is 7.82. The number of anilines is 2. The first-order chi connectivity index (χ1) is 22.3. The van der Waals surface area contributed by atoms with E-state index in [0.29, 0.717) is 19.4 Å². The van der Waals surface area contributed by atoms with Crippen molar-refractivity contribution in [2.75, 3.05) is 51.0 Å². The Labute approximate surface area is 268 Å². The molecule has 0 aliphatic carbocycles. The molecule has 11 N–H and O–H groups in total. The number of nitrogens with one attached hydrogen (secondary N) is 3. The molecule has 2 fully saturated rings. The van der Waals surface area contributed by atoms with Gasteiger partial charge < -0.3 is 80.3 Å². The fourth-order valence-electron chi connectivity index (χ4n) is 5.47. The van der Waals surface area contributed by atoms with Crippen molar-refractivity contribution in [2.45, 2.75) is 67.7 Å². The molecule has 2 aliphatic heterocycles. The highest BCUT2D eigenvalue weighted by Crippen LogP contribution is 2.34. The predicted molar refractivity (Wildman–Crippen MR) is 160 cm³/mol. The number of hydrogen-bond donors (Lipinski definition) is 11. The molecule has 2 saturated heterocycles. The number of aromatic nitrogens is 2. The number of amides is 3. The maximum absolute atomic E-state index is 13.7. The molecule has 0 spiro atoms. The molecule has 2 aromatic rings. The normalized spacial score (nSPS) is 31.0. The summed E-state index contributed by atoms with van der Waals surface area (Å²) in [5.74, 6) is -1.51. The van der Waals surface area contributed by atoms with Crippen LogP contribution in [-0.4, -0.2) is 162 Å². The highest BCUT2D eigenvalue weighted by Gasteiger charge is 2.46. The van der Waals surface area contributed by atoms with Crippen LogP contribution in [0.4, 0.5) is 11.4 Å². The maximum atomic E-state index is 13.7. The van der Waals surface area contributed by atoms with Crippen LogP contribution in [0.25, 0.3) is 0 Å². The van der Waals surface area contributed by atoms with E-state index in [4.69, 9.17) is 9.47 Å². The molecule has 0 aromatic carbocycles. The van der Waals surface area contributed by atoms with Crippen LogP contribution >= 0.6 is 0 Å². The topological polar surface area (TPSA) is 281 Å². The smallest absolute Gasteiger partial charge is 0.272 e. The fourth-order valence-corrected chi connectivity index (χ4v) is 5.47. The molecule has 19 nitrogen and oxygen atoms in total. The highest BCUT2D eigenvalue weighted by molar-refractivity contribution is 6.05. The lowest BCUT2D eigenvalue weighted by molar-refractivity contribution is -0.251. The molecule has 10 atom stereocenters. The summed E-state index contributed by atoms with van der Waals surface area (Å²) in [6, 6.07) is 2.48. The van der Waals surface area contributed by atoms with Crippen LogP contribution in [0.1, 0.15) is 39.9 Å². The molecule has 4 heterocycles. The molecule has 47 heavy (non-hydrogen) atoms. The Balaban J connectivity index is 1.67. The molecule has 0 unspecified atom stereocenters. The first-order valence-corrected chi connectivity index (χ1v) is 14.8. The molecule has 0 bridgehead atoms. The lowest BCUT2D eigenvalue weighted by atomic mass is 9.98. The van der Waals surface area contributed by atoms with Crippen LogP contribution < -0.4 is 16.0 Å². The van der Waals surface area contributed by atoms with Crippen molar-refractivity contribution in [1.82, 2.24) is 19.4 Å². The molecule has 4 rings (SSSR count). The predicted octanol–water partition coefficient (Wildman–Crippen LogP) is -4.26. The first-order valence-electron chi connectivity index (χ1n) is 14.8. The van der Waals surface area contributed by atoms with Gasteiger partial charge in [0.15, 0.2) is 12.5 Å². The summed E-state index contributed by atoms with van der Waals surface area (Å²) in [6.07, 6.45) is -12.6. The van der Waals surface area contributed by atoms with Crippen LogP contribution in [0.15, 0.2) is 24.5 Å². The summed E-state index contributed by atoms with van der Waals surface area (Å²) in [6.45, 7) is -0.512. The lowest BCUT2D eigenvalue weighted by Crippen LogP contribution is -2.56. The van der Waals surface area contributed by atoms with E-state index in [1.54, 1.807) is 0 Å². The van der Waals surface area contributed by atoms with Gasteiger partial charge in [-0.3, -0.25) is 14.4 Å². The van der Waals surface area contributed by atoms with Gasteiger partial charge in [-0.25, -0.2) is 0 Å². The van der Waals surface area contributed by atoms with Gasteiger partial charge in [0.05, 0.1) is 24.6 Å². The molecule has 262 valence electrons. The van der Waals surface area contributed by atoms with Crippen LogP contribution in [0.3, 0.4) is 0 Å². The minimum absolute atomic E-state index is 0.0168. The number of carbonyl (C=O) groups excluding carboxylic acids is 3. The number of aliphatic hydroxyl groups excluding tert-OH is 8. The van der Waals surface area contributed by atoms with E-state index < -0.39 is 86.3 Å². The third-order valence-electron chi connectivity index (χ3n) is 8.00. The fraction of sp³-hybridized carbons (Fsp3) is 0.607. The second-order valence-electron chi connectivity index (χ2n) is 11.6. The van der Waals surface area contributed by atoms with Gasteiger partial charge >= 0.3 is 0 Å². The number of rotatable bonds is 13. The zero-order chi connectivity index (χ0) is 34.6. The van der Waals surface area contributed by atoms with Gasteiger partial charge in [0.1, 0.15) is 60.2 Å². The minimum Gasteiger partial charge on any atom is -0.394 e. The summed E-state index contributed by atoms with van der Waals surface area (Å²) < 4.78 is 13.4. The Morgan fingerprint density at radius 3 is 1.77 bits per heavy atom. The Bertz CT molecular complexity index is 1380. The average molecular weight is 671 g/mol. The highest BCUT2D eigenvalue weighted by atomic mass is 16.6. The van der Waals surface area contributed by atoms with Crippen molar-refractivity contribution < 1.29 is 64.7 Å². The van der Waals surface area contributed by atoms with E-state index in [-0.39, 0.29) is 29.3 Å². The SMILES string of the molecule is CN(C)CCCNC(=O)c1cc(NC(=O)c2cc(NC=O)cn2[C@H]2O[C@H](CO)[C@@H](O)[C@H](O)[C@H]2O)cn1[C@H]1O[C@H](CO)[C@@H](O)[C@H](O)[C@H]1O. The molecule has 0 saturated carbocycles. The third-order valence-corrected chi connectivity index (χ3v) is 8.00. The van der Waals surface area contributed by atoms with Crippen LogP contribution in [0.2, 0.25) is 0 Å². The largest absolute Gasteiger partial charge is 0.394 e. The Morgan fingerprint density at radius 2 is 1.28 bits per heavy atom. The maximum Gasteiger partial charge on any atom is 0.272 e. The van der Waals surface area contributed by atoms with Gasteiger partial charge in [0.25, 0.3) is 11.8 Å². The Kier molecular flexibility index (Phi) is 12.1. The van der Waals surface area contributed by atoms with Crippen molar-refractivity contribution >= 4 is 29.6 Å². The van der Waals surface area contributed by atoms with Crippen molar-refractivity contribution in [3.8, 4) is 0 Å². The average Bonchev–Trinajstić information content (AvgIpc) is 3.66. The summed E-state index contributed by atoms with van der Waals surface area (Å²) in [5, 5.41) is 89.5. The molecule has 2 aromatic heterocycles. The number of carbonyl (C=O) groups is 3. The van der Waals surface area contributed by atoms with Gasteiger partial charge in [-0.15, -0.1) is 0 Å². The Hall–Kier alpha value is -3.47. The van der Waals surface area contributed by atoms with E-state index in [0.717, 1.165) is 9.13 Å². The molecular formula is C28H42N6O13. The number of ether oxygens (including phenoxy) is 2. The number of aliphatic hydroxyl groups is 8.